The average molecular weight is 1370 g/mol. The van der Waals surface area contributed by atoms with E-state index < -0.39 is 97.5 Å². The first kappa shape index (κ1) is 91.1. The van der Waals surface area contributed by atoms with Crippen molar-refractivity contribution in [3.8, 4) is 0 Å². The van der Waals surface area contributed by atoms with Crippen LogP contribution in [0, 0.1) is 17.8 Å². The van der Waals surface area contributed by atoms with Gasteiger partial charge in [-0.05, 0) is 43.4 Å². The van der Waals surface area contributed by atoms with E-state index in [1.807, 2.05) is 0 Å². The van der Waals surface area contributed by atoms with Crippen molar-refractivity contribution in [3.63, 3.8) is 0 Å². The maximum atomic E-state index is 13.1. The molecule has 0 aromatic carbocycles. The number of ether oxygens (including phenoxy) is 4. The lowest BCUT2D eigenvalue weighted by atomic mass is 10.00. The van der Waals surface area contributed by atoms with E-state index in [0.29, 0.717) is 25.7 Å². The number of unbranched alkanes of at least 4 members (excludes halogenated alkanes) is 39. The molecule has 0 spiro atoms. The fraction of sp³-hybridized carbons (Fsp3) is 0.946. The van der Waals surface area contributed by atoms with Gasteiger partial charge in [0, 0.05) is 25.7 Å². The molecule has 17 nitrogen and oxygen atoms in total. The highest BCUT2D eigenvalue weighted by atomic mass is 31.2. The number of phosphoric acid groups is 2. The number of hydrogen-bond donors (Lipinski definition) is 3. The molecule has 19 heteroatoms. The first-order valence-corrected chi connectivity index (χ1v) is 41.4. The van der Waals surface area contributed by atoms with Gasteiger partial charge < -0.3 is 33.8 Å². The van der Waals surface area contributed by atoms with Crippen LogP contribution in [0.2, 0.25) is 0 Å². The fourth-order valence-electron chi connectivity index (χ4n) is 11.2. The van der Waals surface area contributed by atoms with Crippen LogP contribution in [0.1, 0.15) is 376 Å². The Morgan fingerprint density at radius 1 is 0.312 bits per heavy atom. The van der Waals surface area contributed by atoms with Crippen molar-refractivity contribution >= 4 is 39.5 Å². The number of esters is 4. The molecule has 0 aliphatic carbocycles. The third-order valence-corrected chi connectivity index (χ3v) is 19.4. The minimum atomic E-state index is -4.96. The first-order valence-electron chi connectivity index (χ1n) is 38.4. The Hall–Kier alpha value is -1.94. The van der Waals surface area contributed by atoms with Crippen LogP contribution in [0.5, 0.6) is 0 Å². The highest BCUT2D eigenvalue weighted by Crippen LogP contribution is 2.45. The number of carbonyl (C=O) groups excluding carboxylic acids is 4. The molecule has 0 aromatic heterocycles. The number of rotatable bonds is 72. The Bertz CT molecular complexity index is 1820. The largest absolute Gasteiger partial charge is 0.472 e. The molecule has 0 rings (SSSR count). The first-order chi connectivity index (χ1) is 44.8. The van der Waals surface area contributed by atoms with Gasteiger partial charge in [0.15, 0.2) is 12.2 Å². The molecule has 0 aliphatic rings. The van der Waals surface area contributed by atoms with Crippen molar-refractivity contribution in [2.24, 2.45) is 17.8 Å². The number of aliphatic hydroxyl groups excluding tert-OH is 1. The second-order valence-corrected chi connectivity index (χ2v) is 30.8. The third-order valence-electron chi connectivity index (χ3n) is 17.5. The highest BCUT2D eigenvalue weighted by molar-refractivity contribution is 7.47. The lowest BCUT2D eigenvalue weighted by Gasteiger charge is -2.21. The lowest BCUT2D eigenvalue weighted by Crippen LogP contribution is -2.30. The standard InChI is InChI=1S/C74H144O17P2/c1-8-10-11-12-13-14-15-16-17-18-19-20-21-22-23-28-34-43-50-57-73(78)90-69(61-84-71(76)55-48-41-33-29-24-26-31-38-45-52-65(3)4)63-88-92(80,81)86-59-68(75)60-87-93(82,83)89-64-70(62-85-72(77)56-49-42-37-36-40-47-54-67(7)9-2)91-74(79)58-51-44-35-30-25-27-32-39-46-53-66(5)6/h65-70,75H,8-64H2,1-7H3,(H,80,81)(H,82,83)/t67?,68-,69-,70-/m1/s1. The lowest BCUT2D eigenvalue weighted by molar-refractivity contribution is -0.161. The molecule has 0 amide bonds. The summed E-state index contributed by atoms with van der Waals surface area (Å²) in [6, 6.07) is 0. The number of carbonyl (C=O) groups is 4. The van der Waals surface area contributed by atoms with Gasteiger partial charge in [0.2, 0.25) is 0 Å². The molecule has 0 bridgehead atoms. The Morgan fingerprint density at radius 3 is 0.817 bits per heavy atom. The van der Waals surface area contributed by atoms with Crippen LogP contribution in [0.3, 0.4) is 0 Å². The summed E-state index contributed by atoms with van der Waals surface area (Å²) in [5, 5.41) is 10.6. The van der Waals surface area contributed by atoms with Gasteiger partial charge in [-0.1, -0.05) is 325 Å². The maximum absolute atomic E-state index is 13.1. The van der Waals surface area contributed by atoms with Gasteiger partial charge in [-0.2, -0.15) is 0 Å². The van der Waals surface area contributed by atoms with Crippen LogP contribution in [0.4, 0.5) is 0 Å². The Kier molecular flexibility index (Phi) is 63.4. The topological polar surface area (TPSA) is 237 Å². The molecule has 0 aromatic rings. The summed E-state index contributed by atoms with van der Waals surface area (Å²) < 4.78 is 68.4. The van der Waals surface area contributed by atoms with Gasteiger partial charge in [-0.3, -0.25) is 37.3 Å². The number of aliphatic hydroxyl groups is 1. The van der Waals surface area contributed by atoms with Gasteiger partial charge >= 0.3 is 39.5 Å². The molecular formula is C74H144O17P2. The molecule has 6 atom stereocenters. The zero-order chi connectivity index (χ0) is 68.7. The van der Waals surface area contributed by atoms with Crippen molar-refractivity contribution in [1.29, 1.82) is 0 Å². The molecule has 93 heavy (non-hydrogen) atoms. The van der Waals surface area contributed by atoms with Crippen molar-refractivity contribution in [1.82, 2.24) is 0 Å². The molecule has 0 saturated heterocycles. The van der Waals surface area contributed by atoms with Gasteiger partial charge in [0.25, 0.3) is 0 Å². The van der Waals surface area contributed by atoms with Crippen molar-refractivity contribution < 1.29 is 80.2 Å². The minimum Gasteiger partial charge on any atom is -0.462 e. The van der Waals surface area contributed by atoms with E-state index >= 15 is 0 Å². The highest BCUT2D eigenvalue weighted by Gasteiger charge is 2.30. The van der Waals surface area contributed by atoms with Crippen LogP contribution in [-0.2, 0) is 65.4 Å². The Morgan fingerprint density at radius 2 is 0.548 bits per heavy atom. The van der Waals surface area contributed by atoms with Crippen molar-refractivity contribution in [2.45, 2.75) is 394 Å². The summed E-state index contributed by atoms with van der Waals surface area (Å²) in [5.41, 5.74) is 0. The Labute approximate surface area is 568 Å². The summed E-state index contributed by atoms with van der Waals surface area (Å²) in [6.45, 7) is 11.8. The minimum absolute atomic E-state index is 0.104. The van der Waals surface area contributed by atoms with E-state index in [9.17, 15) is 43.2 Å². The van der Waals surface area contributed by atoms with Crippen LogP contribution < -0.4 is 0 Å². The van der Waals surface area contributed by atoms with E-state index in [1.54, 1.807) is 0 Å². The second-order valence-electron chi connectivity index (χ2n) is 27.9. The molecule has 0 saturated carbocycles. The number of hydrogen-bond acceptors (Lipinski definition) is 15. The average Bonchev–Trinajstić information content (AvgIpc) is 3.60. The predicted molar refractivity (Wildman–Crippen MR) is 377 cm³/mol. The molecule has 552 valence electrons. The van der Waals surface area contributed by atoms with E-state index in [2.05, 4.69) is 48.5 Å². The van der Waals surface area contributed by atoms with Crippen LogP contribution in [0.25, 0.3) is 0 Å². The van der Waals surface area contributed by atoms with Crippen LogP contribution in [-0.4, -0.2) is 96.7 Å². The van der Waals surface area contributed by atoms with Gasteiger partial charge in [-0.15, -0.1) is 0 Å². The SMILES string of the molecule is CCCCCCCCCCCCCCCCCCCCCC(=O)O[C@H](COC(=O)CCCCCCCCCCCC(C)C)COP(=O)(O)OC[C@@H](O)COP(=O)(O)OC[C@@H](COC(=O)CCCCCCCCC(C)CC)OC(=O)CCCCCCCCCCCC(C)C. The summed E-state index contributed by atoms with van der Waals surface area (Å²) in [5.74, 6) is 0.0877. The van der Waals surface area contributed by atoms with Crippen molar-refractivity contribution in [3.05, 3.63) is 0 Å². The van der Waals surface area contributed by atoms with Gasteiger partial charge in [0.1, 0.15) is 19.3 Å². The molecule has 0 heterocycles. The van der Waals surface area contributed by atoms with Crippen molar-refractivity contribution in [2.75, 3.05) is 39.6 Å². The summed E-state index contributed by atoms with van der Waals surface area (Å²) in [6.07, 6.45) is 50.1. The van der Waals surface area contributed by atoms with Gasteiger partial charge in [-0.25, -0.2) is 9.13 Å². The monoisotopic (exact) mass is 1370 g/mol. The maximum Gasteiger partial charge on any atom is 0.472 e. The predicted octanol–water partition coefficient (Wildman–Crippen LogP) is 21.4. The third kappa shape index (κ3) is 67.0. The smallest absolute Gasteiger partial charge is 0.462 e. The molecule has 3 N–H and O–H groups in total. The van der Waals surface area contributed by atoms with Crippen LogP contribution >= 0.6 is 15.6 Å². The molecule has 0 aliphatic heterocycles. The van der Waals surface area contributed by atoms with Gasteiger partial charge in [0.05, 0.1) is 26.4 Å². The zero-order valence-electron chi connectivity index (χ0n) is 60.7. The fourth-order valence-corrected chi connectivity index (χ4v) is 12.8. The summed E-state index contributed by atoms with van der Waals surface area (Å²) in [4.78, 5) is 72.7. The molecule has 0 radical (unpaired) electrons. The molecular weight excluding hydrogens is 1220 g/mol. The molecule has 0 fully saturated rings. The van der Waals surface area contributed by atoms with E-state index in [1.165, 1.54) is 180 Å². The Balaban J connectivity index is 5.23. The number of phosphoric ester groups is 2. The van der Waals surface area contributed by atoms with E-state index in [-0.39, 0.29) is 25.7 Å². The zero-order valence-corrected chi connectivity index (χ0v) is 62.5. The summed E-state index contributed by atoms with van der Waals surface area (Å²) in [7, 11) is -9.91. The quantitative estimate of drug-likeness (QED) is 0.0222. The molecule has 3 unspecified atom stereocenters. The second kappa shape index (κ2) is 64.7. The van der Waals surface area contributed by atoms with Crippen LogP contribution in [0.15, 0.2) is 0 Å². The van der Waals surface area contributed by atoms with E-state index in [4.69, 9.17) is 37.0 Å². The van der Waals surface area contributed by atoms with E-state index in [0.717, 1.165) is 114 Å². The summed E-state index contributed by atoms with van der Waals surface area (Å²) >= 11 is 0. The normalized spacial score (nSPS) is 14.4.